The van der Waals surface area contributed by atoms with Gasteiger partial charge in [0.2, 0.25) is 0 Å². The zero-order valence-corrected chi connectivity index (χ0v) is 12.7. The van der Waals surface area contributed by atoms with E-state index in [1.165, 1.54) is 31.2 Å². The van der Waals surface area contributed by atoms with Gasteiger partial charge in [-0.2, -0.15) is 0 Å². The highest BCUT2D eigenvalue weighted by atomic mass is 15.2. The minimum atomic E-state index is 0.178. The van der Waals surface area contributed by atoms with Crippen LogP contribution in [0.25, 0.3) is 0 Å². The molecule has 1 aliphatic carbocycles. The Morgan fingerprint density at radius 1 is 1.16 bits per heavy atom. The number of nitrogens with zero attached hydrogens (tertiary/aromatic N) is 1. The first-order valence-electron chi connectivity index (χ1n) is 7.43. The van der Waals surface area contributed by atoms with Crippen LogP contribution in [-0.4, -0.2) is 24.0 Å². The summed E-state index contributed by atoms with van der Waals surface area (Å²) in [7, 11) is 2.24. The van der Waals surface area contributed by atoms with Crippen molar-refractivity contribution in [1.29, 1.82) is 0 Å². The Labute approximate surface area is 118 Å². The van der Waals surface area contributed by atoms with Gasteiger partial charge in [-0.25, -0.2) is 0 Å². The molecule has 2 rings (SSSR count). The molecule has 0 aliphatic heterocycles. The first kappa shape index (κ1) is 14.5. The second-order valence-corrected chi connectivity index (χ2v) is 6.96. The van der Waals surface area contributed by atoms with Gasteiger partial charge in [-0.15, -0.1) is 0 Å². The molecule has 1 aromatic carbocycles. The zero-order chi connectivity index (χ0) is 13.9. The van der Waals surface area contributed by atoms with Crippen LogP contribution in [0.5, 0.6) is 0 Å². The Morgan fingerprint density at radius 2 is 1.84 bits per heavy atom. The second-order valence-electron chi connectivity index (χ2n) is 6.96. The van der Waals surface area contributed by atoms with E-state index in [0.29, 0.717) is 5.41 Å². The van der Waals surface area contributed by atoms with Crippen LogP contribution in [0.3, 0.4) is 0 Å². The Kier molecular flexibility index (Phi) is 4.32. The summed E-state index contributed by atoms with van der Waals surface area (Å²) in [6.45, 7) is 6.52. The van der Waals surface area contributed by atoms with Gasteiger partial charge in [0.25, 0.3) is 0 Å². The zero-order valence-electron chi connectivity index (χ0n) is 12.7. The predicted octanol–water partition coefficient (Wildman–Crippen LogP) is 3.42. The quantitative estimate of drug-likeness (QED) is 0.899. The molecule has 0 bridgehead atoms. The lowest BCUT2D eigenvalue weighted by molar-refractivity contribution is 0.0223. The molecule has 0 spiro atoms. The summed E-state index contributed by atoms with van der Waals surface area (Å²) in [4.78, 5) is 2.49. The third-order valence-electron chi connectivity index (χ3n) is 4.76. The average Bonchev–Trinajstić information content (AvgIpc) is 2.38. The van der Waals surface area contributed by atoms with Crippen molar-refractivity contribution in [2.45, 2.75) is 51.6 Å². The van der Waals surface area contributed by atoms with E-state index in [0.717, 1.165) is 13.1 Å². The molecule has 1 unspecified atom stereocenters. The maximum atomic E-state index is 6.17. The molecule has 0 saturated heterocycles. The molecular formula is C17H28N2. The van der Waals surface area contributed by atoms with E-state index >= 15 is 0 Å². The van der Waals surface area contributed by atoms with Gasteiger partial charge >= 0.3 is 0 Å². The van der Waals surface area contributed by atoms with E-state index in [1.54, 1.807) is 0 Å². The van der Waals surface area contributed by atoms with Crippen molar-refractivity contribution in [2.75, 3.05) is 13.6 Å². The first-order valence-corrected chi connectivity index (χ1v) is 7.43. The molecule has 19 heavy (non-hydrogen) atoms. The highest BCUT2D eigenvalue weighted by Gasteiger charge is 2.41. The fourth-order valence-electron chi connectivity index (χ4n) is 3.64. The third-order valence-corrected chi connectivity index (χ3v) is 4.76. The minimum absolute atomic E-state index is 0.178. The fourth-order valence-corrected chi connectivity index (χ4v) is 3.64. The van der Waals surface area contributed by atoms with Gasteiger partial charge < -0.3 is 5.73 Å². The maximum absolute atomic E-state index is 6.17. The molecule has 0 amide bonds. The number of likely N-dealkylation sites (N-methyl/N-ethyl adjacent to an activating group) is 1. The number of hydrogen-bond acceptors (Lipinski definition) is 2. The van der Waals surface area contributed by atoms with Crippen LogP contribution in [-0.2, 0) is 6.54 Å². The Balaban J connectivity index is 2.12. The van der Waals surface area contributed by atoms with E-state index in [9.17, 15) is 0 Å². The highest BCUT2D eigenvalue weighted by Crippen LogP contribution is 2.43. The molecule has 1 aliphatic rings. The molecule has 2 nitrogen and oxygen atoms in total. The summed E-state index contributed by atoms with van der Waals surface area (Å²) >= 11 is 0. The number of rotatable bonds is 4. The first-order chi connectivity index (χ1) is 8.97. The number of nitrogens with two attached hydrogens (primary N) is 1. The summed E-state index contributed by atoms with van der Waals surface area (Å²) in [5.74, 6) is 0. The number of hydrogen-bond donors (Lipinski definition) is 1. The van der Waals surface area contributed by atoms with E-state index < -0.39 is 0 Å². The number of benzene rings is 1. The lowest BCUT2D eigenvalue weighted by Crippen LogP contribution is -2.55. The van der Waals surface area contributed by atoms with E-state index in [2.05, 4.69) is 56.1 Å². The molecular weight excluding hydrogens is 232 g/mol. The van der Waals surface area contributed by atoms with E-state index in [1.807, 2.05) is 0 Å². The minimum Gasteiger partial charge on any atom is -0.329 e. The van der Waals surface area contributed by atoms with Gasteiger partial charge in [-0.3, -0.25) is 4.90 Å². The lowest BCUT2D eigenvalue weighted by Gasteiger charge is -2.49. The van der Waals surface area contributed by atoms with Crippen molar-refractivity contribution in [3.05, 3.63) is 35.9 Å². The van der Waals surface area contributed by atoms with Crippen molar-refractivity contribution >= 4 is 0 Å². The summed E-state index contributed by atoms with van der Waals surface area (Å²) < 4.78 is 0. The summed E-state index contributed by atoms with van der Waals surface area (Å²) in [6.07, 6.45) is 5.06. The maximum Gasteiger partial charge on any atom is 0.0337 e. The molecule has 106 valence electrons. The van der Waals surface area contributed by atoms with Crippen LogP contribution in [0.1, 0.15) is 45.1 Å². The molecule has 0 radical (unpaired) electrons. The Hall–Kier alpha value is -0.860. The monoisotopic (exact) mass is 260 g/mol. The topological polar surface area (TPSA) is 29.3 Å². The van der Waals surface area contributed by atoms with Crippen LogP contribution in [0.4, 0.5) is 0 Å². The SMILES string of the molecule is CN(Cc1ccccc1)C1(CN)CCCC(C)(C)C1. The molecule has 0 heterocycles. The molecule has 1 aromatic rings. The van der Waals surface area contributed by atoms with Crippen molar-refractivity contribution < 1.29 is 0 Å². The fraction of sp³-hybridized carbons (Fsp3) is 0.647. The summed E-state index contributed by atoms with van der Waals surface area (Å²) in [5.41, 5.74) is 8.15. The summed E-state index contributed by atoms with van der Waals surface area (Å²) in [5, 5.41) is 0. The van der Waals surface area contributed by atoms with E-state index in [4.69, 9.17) is 5.73 Å². The summed E-state index contributed by atoms with van der Waals surface area (Å²) in [6, 6.07) is 10.7. The lowest BCUT2D eigenvalue weighted by atomic mass is 9.67. The van der Waals surface area contributed by atoms with Gasteiger partial charge in [-0.05, 0) is 37.3 Å². The van der Waals surface area contributed by atoms with Crippen LogP contribution in [0, 0.1) is 5.41 Å². The van der Waals surface area contributed by atoms with Gasteiger partial charge in [0.1, 0.15) is 0 Å². The normalized spacial score (nSPS) is 26.6. The molecule has 0 aromatic heterocycles. The van der Waals surface area contributed by atoms with Crippen LogP contribution >= 0.6 is 0 Å². The van der Waals surface area contributed by atoms with Crippen molar-refractivity contribution in [2.24, 2.45) is 11.1 Å². The molecule has 1 saturated carbocycles. The van der Waals surface area contributed by atoms with Crippen molar-refractivity contribution in [1.82, 2.24) is 4.90 Å². The Morgan fingerprint density at radius 3 is 2.42 bits per heavy atom. The van der Waals surface area contributed by atoms with Gasteiger partial charge in [0.05, 0.1) is 0 Å². The van der Waals surface area contributed by atoms with Crippen LogP contribution < -0.4 is 5.73 Å². The van der Waals surface area contributed by atoms with Gasteiger partial charge in [0, 0.05) is 18.6 Å². The Bertz CT molecular complexity index is 399. The molecule has 1 atom stereocenters. The second kappa shape index (κ2) is 5.64. The molecule has 2 N–H and O–H groups in total. The third kappa shape index (κ3) is 3.37. The van der Waals surface area contributed by atoms with Crippen LogP contribution in [0.15, 0.2) is 30.3 Å². The largest absolute Gasteiger partial charge is 0.329 e. The van der Waals surface area contributed by atoms with E-state index in [-0.39, 0.29) is 5.54 Å². The standard InChI is InChI=1S/C17H28N2/c1-16(2)10-7-11-17(13-16,14-18)19(3)12-15-8-5-4-6-9-15/h4-6,8-9H,7,10-14,18H2,1-3H3. The highest BCUT2D eigenvalue weighted by molar-refractivity contribution is 5.15. The van der Waals surface area contributed by atoms with Crippen molar-refractivity contribution in [3.8, 4) is 0 Å². The molecule has 1 fully saturated rings. The van der Waals surface area contributed by atoms with Crippen molar-refractivity contribution in [3.63, 3.8) is 0 Å². The predicted molar refractivity (Wildman–Crippen MR) is 81.9 cm³/mol. The van der Waals surface area contributed by atoms with Gasteiger partial charge in [0.15, 0.2) is 0 Å². The van der Waals surface area contributed by atoms with Gasteiger partial charge in [-0.1, -0.05) is 50.6 Å². The van der Waals surface area contributed by atoms with Crippen LogP contribution in [0.2, 0.25) is 0 Å². The molecule has 2 heteroatoms. The smallest absolute Gasteiger partial charge is 0.0337 e. The average molecular weight is 260 g/mol.